The molecular formula is C23H30O. The second-order valence-electron chi connectivity index (χ2n) is 7.81. The molecule has 1 aliphatic heterocycles. The maximum Gasteiger partial charge on any atom is 0.103 e. The average Bonchev–Trinajstić information content (AvgIpc) is 3.29. The first-order chi connectivity index (χ1) is 11.9. The molecule has 1 heteroatoms. The van der Waals surface area contributed by atoms with Crippen molar-refractivity contribution >= 4 is 0 Å². The maximum atomic E-state index is 5.07. The van der Waals surface area contributed by atoms with Crippen LogP contribution in [0.15, 0.2) is 60.8 Å². The highest BCUT2D eigenvalue weighted by Crippen LogP contribution is 2.52. The van der Waals surface area contributed by atoms with Crippen LogP contribution in [0.5, 0.6) is 0 Å². The summed E-state index contributed by atoms with van der Waals surface area (Å²) in [7, 11) is 0. The molecule has 6 unspecified atom stereocenters. The summed E-state index contributed by atoms with van der Waals surface area (Å²) in [6.07, 6.45) is 33.1. The van der Waals surface area contributed by atoms with E-state index >= 15 is 0 Å². The van der Waals surface area contributed by atoms with E-state index in [9.17, 15) is 0 Å². The van der Waals surface area contributed by atoms with Crippen LogP contribution in [0.3, 0.4) is 0 Å². The van der Waals surface area contributed by atoms with Crippen molar-refractivity contribution in [3.05, 3.63) is 60.8 Å². The molecule has 128 valence electrons. The average molecular weight is 322 g/mol. The summed E-state index contributed by atoms with van der Waals surface area (Å²) in [5.74, 6) is 3.82. The van der Waals surface area contributed by atoms with Gasteiger partial charge in [0.2, 0.25) is 0 Å². The molecular weight excluding hydrogens is 292 g/mol. The predicted molar refractivity (Wildman–Crippen MR) is 101 cm³/mol. The van der Waals surface area contributed by atoms with E-state index < -0.39 is 0 Å². The first kappa shape index (κ1) is 16.1. The Morgan fingerprint density at radius 1 is 0.708 bits per heavy atom. The van der Waals surface area contributed by atoms with Crippen molar-refractivity contribution in [1.29, 1.82) is 0 Å². The molecule has 0 spiro atoms. The number of epoxide rings is 1. The Morgan fingerprint density at radius 2 is 1.46 bits per heavy atom. The van der Waals surface area contributed by atoms with Gasteiger partial charge in [-0.3, -0.25) is 0 Å². The molecule has 2 bridgehead atoms. The van der Waals surface area contributed by atoms with E-state index in [-0.39, 0.29) is 0 Å². The van der Waals surface area contributed by atoms with Crippen molar-refractivity contribution in [3.8, 4) is 0 Å². The second kappa shape index (κ2) is 7.70. The lowest BCUT2D eigenvalue weighted by Crippen LogP contribution is -2.12. The molecule has 0 aromatic carbocycles. The van der Waals surface area contributed by atoms with Crippen LogP contribution in [0.4, 0.5) is 0 Å². The normalized spacial score (nSPS) is 41.7. The summed E-state index contributed by atoms with van der Waals surface area (Å²) >= 11 is 0. The van der Waals surface area contributed by atoms with Crippen molar-refractivity contribution in [2.75, 3.05) is 0 Å². The molecule has 0 N–H and O–H groups in total. The van der Waals surface area contributed by atoms with Crippen molar-refractivity contribution in [2.45, 2.75) is 57.2 Å². The molecule has 2 saturated carbocycles. The third-order valence-corrected chi connectivity index (χ3v) is 5.78. The molecule has 0 radical (unpaired) electrons. The third-order valence-electron chi connectivity index (χ3n) is 5.78. The van der Waals surface area contributed by atoms with Crippen molar-refractivity contribution in [3.63, 3.8) is 0 Å². The molecule has 6 aliphatic carbocycles. The van der Waals surface area contributed by atoms with Gasteiger partial charge < -0.3 is 4.74 Å². The number of hydrogen-bond acceptors (Lipinski definition) is 1. The Bertz CT molecular complexity index is 550. The lowest BCUT2D eigenvalue weighted by atomic mass is 9.86. The third kappa shape index (κ3) is 4.19. The fourth-order valence-corrected chi connectivity index (χ4v) is 4.23. The molecule has 1 saturated heterocycles. The summed E-state index contributed by atoms with van der Waals surface area (Å²) in [5, 5.41) is 0. The molecule has 1 heterocycles. The molecule has 0 amide bonds. The SMILES string of the molecule is C1=CC2C3C=CC(C3)C2C1.C1=CC2OC2C1.C1=CCC=C1.C1CC1. The van der Waals surface area contributed by atoms with Gasteiger partial charge in [0.15, 0.2) is 0 Å². The molecule has 24 heavy (non-hydrogen) atoms. The van der Waals surface area contributed by atoms with Crippen LogP contribution in [0.25, 0.3) is 0 Å². The molecule has 1 nitrogen and oxygen atoms in total. The van der Waals surface area contributed by atoms with Crippen LogP contribution in [0.2, 0.25) is 0 Å². The van der Waals surface area contributed by atoms with Gasteiger partial charge in [-0.25, -0.2) is 0 Å². The number of ether oxygens (including phenoxy) is 1. The Balaban J connectivity index is 0.0000000892. The first-order valence-electron chi connectivity index (χ1n) is 9.90. The summed E-state index contributed by atoms with van der Waals surface area (Å²) in [6, 6.07) is 0. The quantitative estimate of drug-likeness (QED) is 0.407. The zero-order valence-electron chi connectivity index (χ0n) is 14.6. The molecule has 7 rings (SSSR count). The summed E-state index contributed by atoms with van der Waals surface area (Å²) in [4.78, 5) is 0. The smallest absolute Gasteiger partial charge is 0.103 e. The highest BCUT2D eigenvalue weighted by Gasteiger charge is 2.44. The minimum absolute atomic E-state index is 0.532. The van der Waals surface area contributed by atoms with Crippen molar-refractivity contribution < 1.29 is 4.74 Å². The van der Waals surface area contributed by atoms with Crippen LogP contribution >= 0.6 is 0 Å². The number of hydrogen-bond donors (Lipinski definition) is 0. The zero-order chi connectivity index (χ0) is 16.2. The summed E-state index contributed by atoms with van der Waals surface area (Å²) in [6.45, 7) is 0. The number of rotatable bonds is 0. The number of allylic oxidation sites excluding steroid dienone is 8. The van der Waals surface area contributed by atoms with Gasteiger partial charge in [-0.05, 0) is 49.4 Å². The van der Waals surface area contributed by atoms with E-state index in [4.69, 9.17) is 4.74 Å². The van der Waals surface area contributed by atoms with Crippen LogP contribution in [-0.2, 0) is 4.74 Å². The second-order valence-corrected chi connectivity index (χ2v) is 7.81. The lowest BCUT2D eigenvalue weighted by molar-refractivity contribution is 0.382. The van der Waals surface area contributed by atoms with Crippen molar-refractivity contribution in [1.82, 2.24) is 0 Å². The van der Waals surface area contributed by atoms with E-state index in [1.54, 1.807) is 0 Å². The van der Waals surface area contributed by atoms with Gasteiger partial charge in [-0.2, -0.15) is 0 Å². The Labute approximate surface area is 146 Å². The fraction of sp³-hybridized carbons (Fsp3) is 0.565. The minimum Gasteiger partial charge on any atom is -0.365 e. The highest BCUT2D eigenvalue weighted by atomic mass is 16.6. The zero-order valence-corrected chi connectivity index (χ0v) is 14.6. The Kier molecular flexibility index (Phi) is 5.18. The summed E-state index contributed by atoms with van der Waals surface area (Å²) in [5.41, 5.74) is 0. The van der Waals surface area contributed by atoms with Crippen LogP contribution < -0.4 is 0 Å². The number of fused-ring (bicyclic) bond motifs is 6. The molecule has 7 aliphatic rings. The largest absolute Gasteiger partial charge is 0.365 e. The Morgan fingerprint density at radius 3 is 1.92 bits per heavy atom. The van der Waals surface area contributed by atoms with Gasteiger partial charge >= 0.3 is 0 Å². The predicted octanol–water partition coefficient (Wildman–Crippen LogP) is 5.77. The molecule has 0 aromatic heterocycles. The molecule has 3 fully saturated rings. The van der Waals surface area contributed by atoms with Gasteiger partial charge in [0.1, 0.15) is 6.10 Å². The Hall–Kier alpha value is -1.34. The maximum absolute atomic E-state index is 5.07. The van der Waals surface area contributed by atoms with Crippen LogP contribution in [0.1, 0.15) is 44.9 Å². The van der Waals surface area contributed by atoms with E-state index in [2.05, 4.69) is 60.8 Å². The van der Waals surface area contributed by atoms with Gasteiger partial charge in [-0.15, -0.1) is 0 Å². The minimum atomic E-state index is 0.532. The van der Waals surface area contributed by atoms with Crippen LogP contribution in [0, 0.1) is 23.7 Å². The van der Waals surface area contributed by atoms with Gasteiger partial charge in [0, 0.05) is 0 Å². The standard InChI is InChI=1S/C10H12.C5H6O.C5H6.C3H6/c1-2-9-7-4-5-8(6-7)10(9)3-1;1-2-4-5(3-1)6-4;1-2-4-5-3-1;1-2-3-1/h1-2,4-5,7-10H,3,6H2;1-2,4-5H,3H2;1-4H,5H2;1-3H2. The lowest BCUT2D eigenvalue weighted by Gasteiger charge is -2.18. The molecule has 0 aromatic rings. The molecule has 6 atom stereocenters. The first-order valence-corrected chi connectivity index (χ1v) is 9.90. The fourth-order valence-electron chi connectivity index (χ4n) is 4.23. The van der Waals surface area contributed by atoms with Crippen molar-refractivity contribution in [2.24, 2.45) is 23.7 Å². The van der Waals surface area contributed by atoms with Gasteiger partial charge in [0.05, 0.1) is 6.10 Å². The van der Waals surface area contributed by atoms with E-state index in [0.717, 1.165) is 36.5 Å². The van der Waals surface area contributed by atoms with Crippen LogP contribution in [-0.4, -0.2) is 12.2 Å². The highest BCUT2D eigenvalue weighted by molar-refractivity contribution is 5.21. The monoisotopic (exact) mass is 322 g/mol. The van der Waals surface area contributed by atoms with E-state index in [0.29, 0.717) is 12.2 Å². The van der Waals surface area contributed by atoms with Gasteiger partial charge in [0.25, 0.3) is 0 Å². The van der Waals surface area contributed by atoms with E-state index in [1.807, 2.05) is 0 Å². The van der Waals surface area contributed by atoms with E-state index in [1.165, 1.54) is 32.1 Å². The van der Waals surface area contributed by atoms with Gasteiger partial charge in [-0.1, -0.05) is 80.0 Å². The topological polar surface area (TPSA) is 12.5 Å². The summed E-state index contributed by atoms with van der Waals surface area (Å²) < 4.78 is 5.07.